The van der Waals surface area contributed by atoms with Gasteiger partial charge in [-0.15, -0.1) is 0 Å². The maximum absolute atomic E-state index is 5.84. The van der Waals surface area contributed by atoms with Gasteiger partial charge in [0, 0.05) is 0 Å². The first-order valence-electron chi connectivity index (χ1n) is 2.64. The van der Waals surface area contributed by atoms with Crippen molar-refractivity contribution in [3.05, 3.63) is 22.0 Å². The minimum absolute atomic E-state index is 0.758. The van der Waals surface area contributed by atoms with E-state index in [2.05, 4.69) is 15.9 Å². The SMILES string of the molecule is CC1=CC=C(Br)[Si](Cl)(Cl)O1. The van der Waals surface area contributed by atoms with Gasteiger partial charge in [-0.05, 0) is 19.1 Å². The molecule has 1 aliphatic heterocycles. The van der Waals surface area contributed by atoms with Gasteiger partial charge in [0.1, 0.15) is 0 Å². The Hall–Kier alpha value is 0.557. The molecule has 0 amide bonds. The van der Waals surface area contributed by atoms with Gasteiger partial charge < -0.3 is 4.43 Å². The molecule has 10 heavy (non-hydrogen) atoms. The van der Waals surface area contributed by atoms with Crippen LogP contribution >= 0.6 is 38.1 Å². The van der Waals surface area contributed by atoms with E-state index in [0.29, 0.717) is 0 Å². The van der Waals surface area contributed by atoms with Gasteiger partial charge in [0.05, 0.1) is 9.86 Å². The number of hydrogen-bond acceptors (Lipinski definition) is 1. The molecule has 1 nitrogen and oxygen atoms in total. The van der Waals surface area contributed by atoms with Gasteiger partial charge in [0.2, 0.25) is 0 Å². The molecule has 0 saturated carbocycles. The van der Waals surface area contributed by atoms with Crippen molar-refractivity contribution in [3.63, 3.8) is 0 Å². The Kier molecular flexibility index (Phi) is 2.50. The third kappa shape index (κ3) is 1.78. The van der Waals surface area contributed by atoms with E-state index in [9.17, 15) is 0 Å². The summed E-state index contributed by atoms with van der Waals surface area (Å²) in [4.78, 5) is 0. The summed E-state index contributed by atoms with van der Waals surface area (Å²) in [6.45, 7) is -0.781. The average Bonchev–Trinajstić information content (AvgIpc) is 1.78. The molecule has 0 atom stereocenters. The fraction of sp³-hybridized carbons (Fsp3) is 0.200. The molecular formula is C5H5BrCl2OSi. The van der Waals surface area contributed by atoms with Crippen LogP contribution in [0.25, 0.3) is 0 Å². The molecule has 5 heteroatoms. The fourth-order valence-electron chi connectivity index (χ4n) is 0.572. The minimum Gasteiger partial charge on any atom is -0.519 e. The van der Waals surface area contributed by atoms with Crippen LogP contribution in [0.4, 0.5) is 0 Å². The van der Waals surface area contributed by atoms with Crippen LogP contribution in [0.15, 0.2) is 22.0 Å². The van der Waals surface area contributed by atoms with E-state index in [1.165, 1.54) is 0 Å². The molecule has 0 fully saturated rings. The first-order chi connectivity index (χ1) is 4.52. The molecule has 0 spiro atoms. The van der Waals surface area contributed by atoms with E-state index in [4.69, 9.17) is 26.6 Å². The van der Waals surface area contributed by atoms with Crippen LogP contribution in [0.2, 0.25) is 0 Å². The molecule has 0 N–H and O–H groups in total. The maximum atomic E-state index is 5.84. The number of halogens is 3. The molecular weight excluding hydrogens is 255 g/mol. The van der Waals surface area contributed by atoms with Crippen molar-refractivity contribution < 1.29 is 4.43 Å². The van der Waals surface area contributed by atoms with Gasteiger partial charge in [-0.1, -0.05) is 38.1 Å². The molecule has 56 valence electrons. The highest BCUT2D eigenvalue weighted by Crippen LogP contribution is 2.34. The highest BCUT2D eigenvalue weighted by atomic mass is 79.9. The predicted molar refractivity (Wildman–Crippen MR) is 49.3 cm³/mol. The Balaban J connectivity index is 2.89. The lowest BCUT2D eigenvalue weighted by atomic mass is 10.5. The summed E-state index contributed by atoms with van der Waals surface area (Å²) in [6, 6.07) is 0. The second-order valence-electron chi connectivity index (χ2n) is 1.91. The topological polar surface area (TPSA) is 9.23 Å². The lowest BCUT2D eigenvalue weighted by molar-refractivity contribution is 0.446. The molecule has 0 unspecified atom stereocenters. The van der Waals surface area contributed by atoms with Gasteiger partial charge in [-0.25, -0.2) is 0 Å². The monoisotopic (exact) mass is 258 g/mol. The fourth-order valence-corrected chi connectivity index (χ4v) is 2.90. The zero-order valence-electron chi connectivity index (χ0n) is 5.20. The van der Waals surface area contributed by atoms with Crippen LogP contribution in [0.3, 0.4) is 0 Å². The molecule has 0 aromatic heterocycles. The average molecular weight is 260 g/mol. The summed E-state index contributed by atoms with van der Waals surface area (Å²) in [6.07, 6.45) is 3.64. The van der Waals surface area contributed by atoms with Crippen LogP contribution in [0.5, 0.6) is 0 Å². The maximum Gasteiger partial charge on any atom is 0.491 e. The summed E-state index contributed by atoms with van der Waals surface area (Å²) >= 11 is 14.9. The van der Waals surface area contributed by atoms with E-state index in [1.54, 1.807) is 0 Å². The molecule has 1 rings (SSSR count). The molecule has 0 bridgehead atoms. The van der Waals surface area contributed by atoms with Gasteiger partial charge in [-0.3, -0.25) is 0 Å². The van der Waals surface area contributed by atoms with E-state index in [-0.39, 0.29) is 0 Å². The largest absolute Gasteiger partial charge is 0.519 e. The highest BCUT2D eigenvalue weighted by Gasteiger charge is 2.38. The van der Waals surface area contributed by atoms with Gasteiger partial charge in [0.25, 0.3) is 0 Å². The van der Waals surface area contributed by atoms with Crippen molar-refractivity contribution >= 4 is 45.0 Å². The summed E-state index contributed by atoms with van der Waals surface area (Å²) < 4.78 is 5.96. The van der Waals surface area contributed by atoms with Crippen LogP contribution in [0, 0.1) is 0 Å². The van der Waals surface area contributed by atoms with Gasteiger partial charge in [0.15, 0.2) is 0 Å². The first kappa shape index (κ1) is 8.65. The standard InChI is InChI=1S/C5H5BrCl2OSi/c1-4-2-3-5(6)10(7,8)9-4/h2-3H,1H3. The van der Waals surface area contributed by atoms with E-state index < -0.39 is 6.94 Å². The first-order valence-corrected chi connectivity index (χ1v) is 7.36. The molecule has 1 aliphatic rings. The van der Waals surface area contributed by atoms with Crippen molar-refractivity contribution in [2.24, 2.45) is 0 Å². The Morgan fingerprint density at radius 3 is 2.50 bits per heavy atom. The van der Waals surface area contributed by atoms with Crippen LogP contribution in [-0.4, -0.2) is 6.94 Å². The molecule has 0 radical (unpaired) electrons. The molecule has 0 aromatic carbocycles. The third-order valence-corrected chi connectivity index (χ3v) is 7.33. The summed E-state index contributed by atoms with van der Waals surface area (Å²) in [5, 5.41) is 0. The lowest BCUT2D eigenvalue weighted by Crippen LogP contribution is -2.26. The van der Waals surface area contributed by atoms with Crippen molar-refractivity contribution in [2.75, 3.05) is 0 Å². The van der Waals surface area contributed by atoms with Crippen molar-refractivity contribution in [3.8, 4) is 0 Å². The summed E-state index contributed by atoms with van der Waals surface area (Å²) in [5.74, 6) is 0.764. The van der Waals surface area contributed by atoms with Crippen molar-refractivity contribution in [1.29, 1.82) is 0 Å². The Labute approximate surface area is 78.3 Å². The summed E-state index contributed by atoms with van der Waals surface area (Å²) in [5.41, 5.74) is 0. The minimum atomic E-state index is -2.60. The van der Waals surface area contributed by atoms with Gasteiger partial charge in [-0.2, -0.15) is 0 Å². The summed E-state index contributed by atoms with van der Waals surface area (Å²) in [7, 11) is 0. The smallest absolute Gasteiger partial charge is 0.491 e. The van der Waals surface area contributed by atoms with Crippen LogP contribution in [0.1, 0.15) is 6.92 Å². The van der Waals surface area contributed by atoms with Crippen LogP contribution < -0.4 is 0 Å². The lowest BCUT2D eigenvalue weighted by Gasteiger charge is -2.21. The quantitative estimate of drug-likeness (QED) is 0.480. The van der Waals surface area contributed by atoms with Gasteiger partial charge >= 0.3 is 6.94 Å². The number of allylic oxidation sites excluding steroid dienone is 3. The normalized spacial score (nSPS) is 22.8. The van der Waals surface area contributed by atoms with Crippen molar-refractivity contribution in [1.82, 2.24) is 0 Å². The Bertz CT molecular complexity index is 212. The van der Waals surface area contributed by atoms with E-state index in [0.717, 1.165) is 9.86 Å². The highest BCUT2D eigenvalue weighted by molar-refractivity contribution is 9.12. The second kappa shape index (κ2) is 2.89. The Morgan fingerprint density at radius 2 is 2.10 bits per heavy atom. The number of hydrogen-bond donors (Lipinski definition) is 0. The second-order valence-corrected chi connectivity index (χ2v) is 9.05. The predicted octanol–water partition coefficient (Wildman–Crippen LogP) is 3.15. The Morgan fingerprint density at radius 1 is 1.50 bits per heavy atom. The molecule has 0 aliphatic carbocycles. The third-order valence-electron chi connectivity index (χ3n) is 1.03. The molecule has 0 aromatic rings. The zero-order valence-corrected chi connectivity index (χ0v) is 9.29. The van der Waals surface area contributed by atoms with E-state index >= 15 is 0 Å². The molecule has 0 saturated heterocycles. The van der Waals surface area contributed by atoms with E-state index in [1.807, 2.05) is 19.1 Å². The number of rotatable bonds is 0. The zero-order chi connectivity index (χ0) is 7.78. The van der Waals surface area contributed by atoms with Crippen LogP contribution in [-0.2, 0) is 4.43 Å². The van der Waals surface area contributed by atoms with Crippen molar-refractivity contribution in [2.45, 2.75) is 6.92 Å². The molecule has 1 heterocycles.